The number of rotatable bonds is 6. The lowest BCUT2D eigenvalue weighted by Gasteiger charge is -2.14. The number of carboxylic acid groups (broad SMARTS) is 1. The molecule has 0 bridgehead atoms. The molecule has 0 aliphatic carbocycles. The van der Waals surface area contributed by atoms with Crippen molar-refractivity contribution in [1.29, 1.82) is 0 Å². The normalized spacial score (nSPS) is 12.2. The molecule has 104 valence electrons. The van der Waals surface area contributed by atoms with Gasteiger partial charge >= 0.3 is 5.97 Å². The van der Waals surface area contributed by atoms with E-state index in [2.05, 4.69) is 5.32 Å². The summed E-state index contributed by atoms with van der Waals surface area (Å²) in [5, 5.41) is 11.2. The number of aliphatic carboxylic acids is 1. The summed E-state index contributed by atoms with van der Waals surface area (Å²) < 4.78 is 12.5. The Balaban J connectivity index is 2.90. The number of carbonyl (C=O) groups excluding carboxylic acids is 1. The van der Waals surface area contributed by atoms with Gasteiger partial charge in [0.25, 0.3) is 5.91 Å². The average molecular weight is 285 g/mol. The van der Waals surface area contributed by atoms with Crippen LogP contribution in [0.2, 0.25) is 0 Å². The fraction of sp³-hybridized carbons (Fsp3) is 0.385. The summed E-state index contributed by atoms with van der Waals surface area (Å²) in [5.41, 5.74) is 0.362. The summed E-state index contributed by atoms with van der Waals surface area (Å²) in [6, 6.07) is 5.35. The van der Waals surface area contributed by atoms with E-state index in [-0.39, 0.29) is 5.25 Å². The minimum atomic E-state index is -1.51. The van der Waals surface area contributed by atoms with E-state index in [0.717, 1.165) is 4.90 Å². The molecule has 0 radical (unpaired) electrons. The van der Waals surface area contributed by atoms with Crippen molar-refractivity contribution in [2.24, 2.45) is 0 Å². The first-order valence-electron chi connectivity index (χ1n) is 5.81. The van der Waals surface area contributed by atoms with Gasteiger partial charge in [0.05, 0.1) is 5.56 Å². The number of thioether (sulfide) groups is 1. The zero-order chi connectivity index (χ0) is 14.4. The molecule has 1 aromatic rings. The molecule has 4 nitrogen and oxygen atoms in total. The van der Waals surface area contributed by atoms with Gasteiger partial charge in [-0.1, -0.05) is 26.0 Å². The number of benzene rings is 1. The highest BCUT2D eigenvalue weighted by atomic mass is 32.2. The number of hydrogen-bond donors (Lipinski definition) is 2. The fourth-order valence-electron chi connectivity index (χ4n) is 1.41. The molecule has 1 aromatic carbocycles. The highest BCUT2D eigenvalue weighted by Gasteiger charge is 2.21. The van der Waals surface area contributed by atoms with Crippen LogP contribution >= 0.6 is 11.8 Å². The summed E-state index contributed by atoms with van der Waals surface area (Å²) in [4.78, 5) is 23.4. The molecule has 2 N–H and O–H groups in total. The van der Waals surface area contributed by atoms with Crippen molar-refractivity contribution in [3.8, 4) is 0 Å². The van der Waals surface area contributed by atoms with Crippen molar-refractivity contribution in [1.82, 2.24) is 5.32 Å². The van der Waals surface area contributed by atoms with E-state index in [0.29, 0.717) is 5.56 Å². The first-order chi connectivity index (χ1) is 8.95. The molecule has 1 rings (SSSR count). The van der Waals surface area contributed by atoms with E-state index < -0.39 is 24.6 Å². The van der Waals surface area contributed by atoms with Crippen LogP contribution < -0.4 is 5.32 Å². The summed E-state index contributed by atoms with van der Waals surface area (Å²) >= 11 is 1.49. The molecule has 0 saturated carbocycles. The smallest absolute Gasteiger partial charge is 0.328 e. The lowest BCUT2D eigenvalue weighted by molar-refractivity contribution is -0.139. The summed E-state index contributed by atoms with van der Waals surface area (Å²) in [6.07, 6.45) is 0. The highest BCUT2D eigenvalue weighted by molar-refractivity contribution is 8.00. The lowest BCUT2D eigenvalue weighted by Crippen LogP contribution is -2.42. The Morgan fingerprint density at radius 3 is 2.53 bits per heavy atom. The Morgan fingerprint density at radius 2 is 2.00 bits per heavy atom. The number of carboxylic acids is 1. The topological polar surface area (TPSA) is 66.4 Å². The van der Waals surface area contributed by atoms with Gasteiger partial charge in [-0.05, 0) is 12.1 Å². The van der Waals surface area contributed by atoms with Gasteiger partial charge in [-0.2, -0.15) is 0 Å². The van der Waals surface area contributed by atoms with Crippen LogP contribution in [0.3, 0.4) is 0 Å². The van der Waals surface area contributed by atoms with Gasteiger partial charge in [0.15, 0.2) is 6.04 Å². The van der Waals surface area contributed by atoms with Gasteiger partial charge in [0.1, 0.15) is 6.67 Å². The zero-order valence-corrected chi connectivity index (χ0v) is 11.5. The molecule has 19 heavy (non-hydrogen) atoms. The maximum atomic E-state index is 12.5. The van der Waals surface area contributed by atoms with Crippen LogP contribution in [0.4, 0.5) is 4.39 Å². The summed E-state index contributed by atoms with van der Waals surface area (Å²) in [5.74, 6) is -1.96. The molecule has 1 unspecified atom stereocenters. The summed E-state index contributed by atoms with van der Waals surface area (Å²) in [7, 11) is 0. The SMILES string of the molecule is CC(C)Sc1ccccc1C(=O)NC(CF)C(=O)O. The van der Waals surface area contributed by atoms with E-state index >= 15 is 0 Å². The van der Waals surface area contributed by atoms with Crippen LogP contribution in [0, 0.1) is 0 Å². The molecule has 0 aliphatic rings. The van der Waals surface area contributed by atoms with E-state index in [1.165, 1.54) is 11.8 Å². The number of hydrogen-bond acceptors (Lipinski definition) is 3. The van der Waals surface area contributed by atoms with Crippen LogP contribution in [0.25, 0.3) is 0 Å². The van der Waals surface area contributed by atoms with Gasteiger partial charge in [0.2, 0.25) is 0 Å². The number of halogens is 1. The van der Waals surface area contributed by atoms with E-state index in [1.807, 2.05) is 13.8 Å². The fourth-order valence-corrected chi connectivity index (χ4v) is 2.37. The Kier molecular flexibility index (Phi) is 5.82. The number of nitrogens with one attached hydrogen (secondary N) is 1. The first kappa shape index (κ1) is 15.5. The average Bonchev–Trinajstić information content (AvgIpc) is 2.35. The van der Waals surface area contributed by atoms with Gasteiger partial charge in [-0.3, -0.25) is 4.79 Å². The summed E-state index contributed by atoms with van der Waals surface area (Å²) in [6.45, 7) is 2.84. The molecule has 0 aliphatic heterocycles. The quantitative estimate of drug-likeness (QED) is 0.787. The second kappa shape index (κ2) is 7.13. The van der Waals surface area contributed by atoms with Crippen LogP contribution in [0.15, 0.2) is 29.2 Å². The largest absolute Gasteiger partial charge is 0.480 e. The molecule has 0 saturated heterocycles. The minimum absolute atomic E-state index is 0.283. The van der Waals surface area contributed by atoms with Crippen molar-refractivity contribution in [3.63, 3.8) is 0 Å². The first-order valence-corrected chi connectivity index (χ1v) is 6.69. The molecule has 0 spiro atoms. The third-order valence-corrected chi connectivity index (χ3v) is 3.33. The molecular formula is C13H16FNO3S. The maximum absolute atomic E-state index is 12.5. The van der Waals surface area contributed by atoms with Crippen molar-refractivity contribution in [2.75, 3.05) is 6.67 Å². The minimum Gasteiger partial charge on any atom is -0.480 e. The molecule has 0 aromatic heterocycles. The number of carbonyl (C=O) groups is 2. The number of alkyl halides is 1. The van der Waals surface area contributed by atoms with Crippen LogP contribution in [-0.2, 0) is 4.79 Å². The van der Waals surface area contributed by atoms with Crippen LogP contribution in [0.5, 0.6) is 0 Å². The van der Waals surface area contributed by atoms with Crippen molar-refractivity contribution in [2.45, 2.75) is 30.0 Å². The van der Waals surface area contributed by atoms with E-state index in [1.54, 1.807) is 24.3 Å². The van der Waals surface area contributed by atoms with E-state index in [4.69, 9.17) is 5.11 Å². The molecule has 0 heterocycles. The standard InChI is InChI=1S/C13H16FNO3S/c1-8(2)19-11-6-4-3-5-9(11)12(16)15-10(7-14)13(17)18/h3-6,8,10H,7H2,1-2H3,(H,15,16)(H,17,18). The lowest BCUT2D eigenvalue weighted by atomic mass is 10.2. The third kappa shape index (κ3) is 4.55. The van der Waals surface area contributed by atoms with Crippen LogP contribution in [0.1, 0.15) is 24.2 Å². The Labute approximate surface area is 115 Å². The Bertz CT molecular complexity index is 465. The highest BCUT2D eigenvalue weighted by Crippen LogP contribution is 2.26. The van der Waals surface area contributed by atoms with Crippen molar-refractivity contribution < 1.29 is 19.1 Å². The predicted octanol–water partition coefficient (Wildman–Crippen LogP) is 2.34. The zero-order valence-electron chi connectivity index (χ0n) is 10.7. The second-order valence-electron chi connectivity index (χ2n) is 4.18. The molecule has 1 amide bonds. The maximum Gasteiger partial charge on any atom is 0.328 e. The Morgan fingerprint density at radius 1 is 1.37 bits per heavy atom. The van der Waals surface area contributed by atoms with Gasteiger partial charge in [-0.25, -0.2) is 9.18 Å². The molecule has 6 heteroatoms. The number of amides is 1. The molecule has 1 atom stereocenters. The van der Waals surface area contributed by atoms with E-state index in [9.17, 15) is 14.0 Å². The molecular weight excluding hydrogens is 269 g/mol. The molecule has 0 fully saturated rings. The van der Waals surface area contributed by atoms with Gasteiger partial charge in [0, 0.05) is 10.1 Å². The van der Waals surface area contributed by atoms with Crippen molar-refractivity contribution >= 4 is 23.6 Å². The van der Waals surface area contributed by atoms with Crippen molar-refractivity contribution in [3.05, 3.63) is 29.8 Å². The monoisotopic (exact) mass is 285 g/mol. The predicted molar refractivity (Wildman–Crippen MR) is 72.3 cm³/mol. The Hall–Kier alpha value is -1.56. The third-order valence-electron chi connectivity index (χ3n) is 2.25. The van der Waals surface area contributed by atoms with Gasteiger partial charge < -0.3 is 10.4 Å². The second-order valence-corrected chi connectivity index (χ2v) is 5.80. The van der Waals surface area contributed by atoms with Gasteiger partial charge in [-0.15, -0.1) is 11.8 Å². The van der Waals surface area contributed by atoms with Crippen LogP contribution in [-0.4, -0.2) is 34.9 Å².